The van der Waals surface area contributed by atoms with E-state index in [1.54, 1.807) is 4.57 Å². The molecule has 0 fully saturated rings. The maximum absolute atomic E-state index is 13.7. The smallest absolute Gasteiger partial charge is 0.275 e. The van der Waals surface area contributed by atoms with E-state index in [0.29, 0.717) is 17.8 Å². The van der Waals surface area contributed by atoms with E-state index in [-0.39, 0.29) is 17.9 Å². The van der Waals surface area contributed by atoms with E-state index in [2.05, 4.69) is 18.3 Å². The number of hydrogen-bond donors (Lipinski definition) is 1. The van der Waals surface area contributed by atoms with Crippen LogP contribution in [0.25, 0.3) is 11.1 Å². The van der Waals surface area contributed by atoms with E-state index in [9.17, 15) is 14.9 Å². The average Bonchev–Trinajstić information content (AvgIpc) is 2.92. The Balaban J connectivity index is 1.63. The van der Waals surface area contributed by atoms with Crippen molar-refractivity contribution in [3.8, 4) is 17.2 Å². The molecular formula is C32H31N3O2. The van der Waals surface area contributed by atoms with Gasteiger partial charge in [-0.25, -0.2) is 0 Å². The number of carbonyl (C=O) groups excluding carboxylic acids is 1. The molecule has 186 valence electrons. The molecule has 0 atom stereocenters. The molecule has 1 amide bonds. The van der Waals surface area contributed by atoms with Crippen LogP contribution in [0.4, 0.5) is 5.69 Å². The van der Waals surface area contributed by atoms with Gasteiger partial charge in [0.1, 0.15) is 5.69 Å². The van der Waals surface area contributed by atoms with Crippen LogP contribution in [0.5, 0.6) is 0 Å². The van der Waals surface area contributed by atoms with Crippen LogP contribution in [0, 0.1) is 18.3 Å². The van der Waals surface area contributed by atoms with Gasteiger partial charge in [-0.3, -0.25) is 9.59 Å². The first-order valence-corrected chi connectivity index (χ1v) is 12.7. The Hall–Kier alpha value is -4.43. The molecule has 37 heavy (non-hydrogen) atoms. The molecule has 0 bridgehead atoms. The number of nitrogens with zero attached hydrogens (tertiary/aromatic N) is 2. The molecule has 0 aliphatic rings. The number of aromatic nitrogens is 1. The highest BCUT2D eigenvalue weighted by molar-refractivity contribution is 5.92. The summed E-state index contributed by atoms with van der Waals surface area (Å²) in [5, 5.41) is 12.3. The summed E-state index contributed by atoms with van der Waals surface area (Å²) in [5.41, 5.74) is 6.23. The number of benzene rings is 3. The summed E-state index contributed by atoms with van der Waals surface area (Å²) in [6, 6.07) is 29.2. The topological polar surface area (TPSA) is 74.9 Å². The van der Waals surface area contributed by atoms with Crippen LogP contribution in [-0.2, 0) is 24.2 Å². The fourth-order valence-electron chi connectivity index (χ4n) is 4.49. The SMILES string of the molecule is CCCCc1cc(C)c(NC(=O)Cc2ccccc2)c(=O)n1Cc1ccc(-c2ccccc2C#N)cc1. The van der Waals surface area contributed by atoms with Crippen LogP contribution in [-0.4, -0.2) is 10.5 Å². The number of carbonyl (C=O) groups is 1. The molecule has 0 saturated heterocycles. The van der Waals surface area contributed by atoms with Gasteiger partial charge in [-0.15, -0.1) is 0 Å². The van der Waals surface area contributed by atoms with Gasteiger partial charge in [0.25, 0.3) is 5.56 Å². The number of nitriles is 1. The largest absolute Gasteiger partial charge is 0.321 e. The molecule has 1 heterocycles. The number of pyridine rings is 1. The molecule has 0 aliphatic heterocycles. The minimum absolute atomic E-state index is 0.189. The molecule has 1 aromatic heterocycles. The summed E-state index contributed by atoms with van der Waals surface area (Å²) < 4.78 is 1.78. The second-order valence-electron chi connectivity index (χ2n) is 9.25. The number of aryl methyl sites for hydroxylation is 2. The predicted molar refractivity (Wildman–Crippen MR) is 149 cm³/mol. The maximum Gasteiger partial charge on any atom is 0.275 e. The molecule has 5 nitrogen and oxygen atoms in total. The van der Waals surface area contributed by atoms with Crippen LogP contribution >= 0.6 is 0 Å². The summed E-state index contributed by atoms with van der Waals surface area (Å²) in [6.07, 6.45) is 3.00. The standard InChI is InChI=1S/C32H31N3O2/c1-3-4-13-28-19-23(2)31(34-30(36)20-24-10-6-5-7-11-24)32(37)35(28)22-25-15-17-26(18-16-25)29-14-9-8-12-27(29)21-33/h5-12,14-19H,3-4,13,20,22H2,1-2H3,(H,34,36). The number of hydrogen-bond acceptors (Lipinski definition) is 3. The second-order valence-corrected chi connectivity index (χ2v) is 9.25. The van der Waals surface area contributed by atoms with E-state index >= 15 is 0 Å². The molecular weight excluding hydrogens is 458 g/mol. The van der Waals surface area contributed by atoms with Crippen molar-refractivity contribution in [2.45, 2.75) is 46.1 Å². The van der Waals surface area contributed by atoms with E-state index in [0.717, 1.165) is 52.8 Å². The summed E-state index contributed by atoms with van der Waals surface area (Å²) >= 11 is 0. The van der Waals surface area contributed by atoms with Crippen molar-refractivity contribution < 1.29 is 4.79 Å². The van der Waals surface area contributed by atoms with Gasteiger partial charge in [0, 0.05) is 5.69 Å². The predicted octanol–water partition coefficient (Wildman–Crippen LogP) is 6.27. The van der Waals surface area contributed by atoms with Gasteiger partial charge in [-0.2, -0.15) is 5.26 Å². The lowest BCUT2D eigenvalue weighted by atomic mass is 9.99. The van der Waals surface area contributed by atoms with Gasteiger partial charge in [-0.1, -0.05) is 86.1 Å². The maximum atomic E-state index is 13.7. The molecule has 1 N–H and O–H groups in total. The number of unbranched alkanes of at least 4 members (excludes halogenated alkanes) is 1. The van der Waals surface area contributed by atoms with Gasteiger partial charge in [0.2, 0.25) is 5.91 Å². The van der Waals surface area contributed by atoms with Gasteiger partial charge >= 0.3 is 0 Å². The zero-order valence-electron chi connectivity index (χ0n) is 21.3. The van der Waals surface area contributed by atoms with E-state index < -0.39 is 0 Å². The number of amides is 1. The van der Waals surface area contributed by atoms with Gasteiger partial charge in [0.05, 0.1) is 24.6 Å². The summed E-state index contributed by atoms with van der Waals surface area (Å²) in [6.45, 7) is 4.41. The van der Waals surface area contributed by atoms with Gasteiger partial charge < -0.3 is 9.88 Å². The monoisotopic (exact) mass is 489 g/mol. The molecule has 0 saturated carbocycles. The molecule has 0 spiro atoms. The third-order valence-electron chi connectivity index (χ3n) is 6.49. The van der Waals surface area contributed by atoms with Gasteiger partial charge in [-0.05, 0) is 59.7 Å². The van der Waals surface area contributed by atoms with Crippen molar-refractivity contribution in [3.05, 3.63) is 123 Å². The second kappa shape index (κ2) is 12.0. The van der Waals surface area contributed by atoms with E-state index in [1.807, 2.05) is 91.9 Å². The number of rotatable bonds is 9. The van der Waals surface area contributed by atoms with Crippen molar-refractivity contribution in [1.82, 2.24) is 4.57 Å². The first-order valence-electron chi connectivity index (χ1n) is 12.7. The molecule has 0 unspecified atom stereocenters. The minimum atomic E-state index is -0.209. The highest BCUT2D eigenvalue weighted by Gasteiger charge is 2.16. The summed E-state index contributed by atoms with van der Waals surface area (Å²) in [7, 11) is 0. The van der Waals surface area contributed by atoms with Crippen molar-refractivity contribution in [2.24, 2.45) is 0 Å². The zero-order chi connectivity index (χ0) is 26.2. The molecule has 4 rings (SSSR count). The summed E-state index contributed by atoms with van der Waals surface area (Å²) in [4.78, 5) is 26.4. The van der Waals surface area contributed by atoms with Crippen LogP contribution in [0.15, 0.2) is 89.7 Å². The number of anilines is 1. The molecule has 4 aromatic rings. The fraction of sp³-hybridized carbons (Fsp3) is 0.219. The van der Waals surface area contributed by atoms with Crippen LogP contribution in [0.3, 0.4) is 0 Å². The third kappa shape index (κ3) is 6.23. The molecule has 0 radical (unpaired) electrons. The quantitative estimate of drug-likeness (QED) is 0.301. The Morgan fingerprint density at radius 3 is 2.35 bits per heavy atom. The fourth-order valence-corrected chi connectivity index (χ4v) is 4.49. The lowest BCUT2D eigenvalue weighted by Gasteiger charge is -2.18. The Kier molecular flexibility index (Phi) is 8.33. The number of nitrogens with one attached hydrogen (secondary N) is 1. The van der Waals surface area contributed by atoms with Crippen LogP contribution < -0.4 is 10.9 Å². The van der Waals surface area contributed by atoms with E-state index in [1.165, 1.54) is 0 Å². The molecule has 3 aromatic carbocycles. The lowest BCUT2D eigenvalue weighted by molar-refractivity contribution is -0.115. The molecule has 5 heteroatoms. The van der Waals surface area contributed by atoms with Crippen molar-refractivity contribution >= 4 is 11.6 Å². The Morgan fingerprint density at radius 2 is 1.65 bits per heavy atom. The minimum Gasteiger partial charge on any atom is -0.321 e. The molecule has 0 aliphatic carbocycles. The Labute approximate surface area is 218 Å². The van der Waals surface area contributed by atoms with E-state index in [4.69, 9.17) is 0 Å². The van der Waals surface area contributed by atoms with Crippen LogP contribution in [0.1, 0.15) is 47.7 Å². The summed E-state index contributed by atoms with van der Waals surface area (Å²) in [5.74, 6) is -0.209. The highest BCUT2D eigenvalue weighted by Crippen LogP contribution is 2.24. The third-order valence-corrected chi connectivity index (χ3v) is 6.49. The highest BCUT2D eigenvalue weighted by atomic mass is 16.2. The first kappa shape index (κ1) is 25.7. The first-order chi connectivity index (χ1) is 18.0. The van der Waals surface area contributed by atoms with Crippen molar-refractivity contribution in [3.63, 3.8) is 0 Å². The normalized spacial score (nSPS) is 10.6. The Bertz CT molecular complexity index is 1480. The Morgan fingerprint density at radius 1 is 0.946 bits per heavy atom. The van der Waals surface area contributed by atoms with Crippen molar-refractivity contribution in [2.75, 3.05) is 5.32 Å². The zero-order valence-corrected chi connectivity index (χ0v) is 21.3. The lowest BCUT2D eigenvalue weighted by Crippen LogP contribution is -2.30. The average molecular weight is 490 g/mol. The van der Waals surface area contributed by atoms with Crippen molar-refractivity contribution in [1.29, 1.82) is 5.26 Å². The van der Waals surface area contributed by atoms with Gasteiger partial charge in [0.15, 0.2) is 0 Å². The van der Waals surface area contributed by atoms with Crippen LogP contribution in [0.2, 0.25) is 0 Å².